The monoisotopic (exact) mass is 451 g/mol. The molecule has 0 aliphatic carbocycles. The van der Waals surface area contributed by atoms with Gasteiger partial charge in [-0.15, -0.1) is 0 Å². The van der Waals surface area contributed by atoms with Gasteiger partial charge >= 0.3 is 0 Å². The van der Waals surface area contributed by atoms with E-state index in [0.29, 0.717) is 0 Å². The summed E-state index contributed by atoms with van der Waals surface area (Å²) in [7, 11) is 5.01. The molecule has 32 heavy (non-hydrogen) atoms. The molecule has 166 valence electrons. The van der Waals surface area contributed by atoms with Crippen LogP contribution < -0.4 is 36.5 Å². The van der Waals surface area contributed by atoms with Gasteiger partial charge in [-0.05, 0) is 72.8 Å². The lowest BCUT2D eigenvalue weighted by Gasteiger charge is -2.08. The predicted molar refractivity (Wildman–Crippen MR) is 121 cm³/mol. The van der Waals surface area contributed by atoms with Gasteiger partial charge in [0.05, 0.1) is 21.3 Å². The van der Waals surface area contributed by atoms with Gasteiger partial charge in [0, 0.05) is 12.6 Å². The highest BCUT2D eigenvalue weighted by atomic mass is 35.5. The van der Waals surface area contributed by atoms with Crippen LogP contribution in [0, 0.1) is 6.92 Å². The summed E-state index contributed by atoms with van der Waals surface area (Å²) in [5, 5.41) is 3.54. The van der Waals surface area contributed by atoms with Crippen LogP contribution >= 0.6 is 0 Å². The molecule has 4 rings (SSSR count). The van der Waals surface area contributed by atoms with Crippen molar-refractivity contribution in [2.24, 2.45) is 0 Å². The third kappa shape index (κ3) is 4.65. The molecule has 1 heterocycles. The molecule has 0 saturated carbocycles. The topological polar surface area (TPSA) is 48.5 Å². The maximum atomic E-state index is 5.33. The first-order chi connectivity index (χ1) is 15.1. The Balaban J connectivity index is 0.00000289. The number of ether oxygens (including phenoxy) is 3. The lowest BCUT2D eigenvalue weighted by molar-refractivity contribution is -0.601. The van der Waals surface area contributed by atoms with Crippen LogP contribution in [-0.2, 0) is 0 Å². The fourth-order valence-corrected chi connectivity index (χ4v) is 3.53. The van der Waals surface area contributed by atoms with Crippen molar-refractivity contribution in [3.8, 4) is 28.6 Å². The largest absolute Gasteiger partial charge is 1.00 e. The van der Waals surface area contributed by atoms with Crippen molar-refractivity contribution in [1.82, 2.24) is 4.57 Å². The van der Waals surface area contributed by atoms with Crippen LogP contribution in [-0.4, -0.2) is 25.9 Å². The van der Waals surface area contributed by atoms with Crippen molar-refractivity contribution in [1.29, 1.82) is 0 Å². The van der Waals surface area contributed by atoms with Gasteiger partial charge in [-0.25, -0.2) is 0 Å². The summed E-state index contributed by atoms with van der Waals surface area (Å²) >= 11 is 0. The second-order valence-electron chi connectivity index (χ2n) is 7.02. The number of aromatic nitrogens is 2. The number of benzene rings is 3. The third-order valence-corrected chi connectivity index (χ3v) is 5.21. The van der Waals surface area contributed by atoms with Gasteiger partial charge in [0.25, 0.3) is 5.82 Å². The third-order valence-electron chi connectivity index (χ3n) is 5.21. The Morgan fingerprint density at radius 3 is 1.66 bits per heavy atom. The minimum absolute atomic E-state index is 0. The van der Waals surface area contributed by atoms with Crippen LogP contribution in [0.15, 0.2) is 79.0 Å². The number of anilines is 2. The molecule has 0 aliphatic heterocycles. The number of nitrogens with zero attached hydrogens (tertiary/aromatic N) is 2. The smallest absolute Gasteiger partial charge is 0.265 e. The van der Waals surface area contributed by atoms with E-state index in [2.05, 4.69) is 27.6 Å². The highest BCUT2D eigenvalue weighted by molar-refractivity contribution is 5.59. The molecule has 0 atom stereocenters. The first-order valence-corrected chi connectivity index (χ1v) is 9.97. The highest BCUT2D eigenvalue weighted by Gasteiger charge is 2.23. The van der Waals surface area contributed by atoms with Crippen LogP contribution in [0.25, 0.3) is 11.4 Å². The van der Waals surface area contributed by atoms with Crippen LogP contribution in [0.3, 0.4) is 0 Å². The number of halogens is 1. The van der Waals surface area contributed by atoms with E-state index in [0.717, 1.165) is 46.0 Å². The summed E-state index contributed by atoms with van der Waals surface area (Å²) < 4.78 is 20.2. The predicted octanol–water partition coefficient (Wildman–Crippen LogP) is 1.84. The Morgan fingerprint density at radius 1 is 0.688 bits per heavy atom. The van der Waals surface area contributed by atoms with Crippen LogP contribution in [0.2, 0.25) is 0 Å². The van der Waals surface area contributed by atoms with E-state index in [4.69, 9.17) is 14.2 Å². The number of hydrogen-bond acceptors (Lipinski definition) is 4. The molecule has 0 fully saturated rings. The summed E-state index contributed by atoms with van der Waals surface area (Å²) in [6, 6.07) is 23.9. The number of nitrogens with one attached hydrogen (secondary N) is 1. The van der Waals surface area contributed by atoms with E-state index >= 15 is 0 Å². The van der Waals surface area contributed by atoms with Gasteiger partial charge < -0.3 is 31.9 Å². The van der Waals surface area contributed by atoms with Gasteiger partial charge in [0.1, 0.15) is 28.6 Å². The Morgan fingerprint density at radius 2 is 1.16 bits per heavy atom. The first-order valence-electron chi connectivity index (χ1n) is 9.97. The van der Waals surface area contributed by atoms with E-state index in [1.807, 2.05) is 72.8 Å². The summed E-state index contributed by atoms with van der Waals surface area (Å²) in [5.74, 6) is 4.45. The normalized spacial score (nSPS) is 10.2. The maximum Gasteiger partial charge on any atom is 0.265 e. The number of rotatable bonds is 7. The lowest BCUT2D eigenvalue weighted by atomic mass is 10.3. The molecule has 0 bridgehead atoms. The molecule has 3 aromatic carbocycles. The van der Waals surface area contributed by atoms with Crippen molar-refractivity contribution >= 4 is 11.5 Å². The Labute approximate surface area is 194 Å². The molecular formula is C25H26ClN3O3. The average molecular weight is 452 g/mol. The summed E-state index contributed by atoms with van der Waals surface area (Å²) in [4.78, 5) is 0. The van der Waals surface area contributed by atoms with Crippen molar-refractivity contribution in [2.45, 2.75) is 6.92 Å². The molecule has 1 N–H and O–H groups in total. The second-order valence-corrected chi connectivity index (χ2v) is 7.02. The SMILES string of the molecule is COc1ccc(Nc2c[n+](-c3ccc(OC)cc3)c(C)n2-c2ccc(OC)cc2)cc1.[Cl-]. The van der Waals surface area contributed by atoms with E-state index in [1.165, 1.54) is 0 Å². The minimum atomic E-state index is 0. The zero-order valence-corrected chi connectivity index (χ0v) is 19.3. The maximum absolute atomic E-state index is 5.33. The first kappa shape index (κ1) is 23.0. The van der Waals surface area contributed by atoms with Crippen molar-refractivity contribution < 1.29 is 31.2 Å². The molecule has 0 spiro atoms. The molecule has 7 heteroatoms. The van der Waals surface area contributed by atoms with E-state index in [9.17, 15) is 0 Å². The molecule has 0 unspecified atom stereocenters. The number of hydrogen-bond donors (Lipinski definition) is 1. The average Bonchev–Trinajstić information content (AvgIpc) is 3.15. The van der Waals surface area contributed by atoms with Gasteiger partial charge in [-0.1, -0.05) is 0 Å². The molecule has 0 aliphatic rings. The molecule has 0 saturated heterocycles. The number of imidazole rings is 1. The number of methoxy groups -OCH3 is 3. The standard InChI is InChI=1S/C25H26N3O3.ClH/c1-18-27(20-7-13-23(30-3)14-8-20)17-25(26-19-5-11-22(29-2)12-6-19)28(18)21-9-15-24(31-4)16-10-21;/h5-17,26H,1-4H3;1H/q+1;/p-1. The van der Waals surface area contributed by atoms with Gasteiger partial charge in [-0.3, -0.25) is 0 Å². The van der Waals surface area contributed by atoms with E-state index < -0.39 is 0 Å². The van der Waals surface area contributed by atoms with Crippen LogP contribution in [0.5, 0.6) is 17.2 Å². The van der Waals surface area contributed by atoms with Gasteiger partial charge in [0.15, 0.2) is 6.20 Å². The molecule has 0 radical (unpaired) electrons. The van der Waals surface area contributed by atoms with Crippen molar-refractivity contribution in [3.05, 3.63) is 84.8 Å². The summed E-state index contributed by atoms with van der Waals surface area (Å²) in [6.07, 6.45) is 2.09. The molecular weight excluding hydrogens is 426 g/mol. The second kappa shape index (κ2) is 10.1. The van der Waals surface area contributed by atoms with Crippen molar-refractivity contribution in [3.63, 3.8) is 0 Å². The zero-order valence-electron chi connectivity index (χ0n) is 18.5. The summed E-state index contributed by atoms with van der Waals surface area (Å²) in [5.41, 5.74) is 3.04. The van der Waals surface area contributed by atoms with E-state index in [1.54, 1.807) is 21.3 Å². The highest BCUT2D eigenvalue weighted by Crippen LogP contribution is 2.26. The summed E-state index contributed by atoms with van der Waals surface area (Å²) in [6.45, 7) is 2.09. The quantitative estimate of drug-likeness (QED) is 0.436. The van der Waals surface area contributed by atoms with Crippen LogP contribution in [0.1, 0.15) is 5.82 Å². The fraction of sp³-hybridized carbons (Fsp3) is 0.160. The fourth-order valence-electron chi connectivity index (χ4n) is 3.53. The molecule has 1 aromatic heterocycles. The molecule has 6 nitrogen and oxygen atoms in total. The van der Waals surface area contributed by atoms with Crippen molar-refractivity contribution in [2.75, 3.05) is 26.6 Å². The molecule has 0 amide bonds. The van der Waals surface area contributed by atoms with Crippen LogP contribution in [0.4, 0.5) is 11.5 Å². The minimum Gasteiger partial charge on any atom is -1.00 e. The van der Waals surface area contributed by atoms with Gasteiger partial charge in [-0.2, -0.15) is 9.13 Å². The van der Waals surface area contributed by atoms with E-state index in [-0.39, 0.29) is 12.4 Å². The molecule has 4 aromatic rings. The Kier molecular flexibility index (Phi) is 7.28. The zero-order chi connectivity index (χ0) is 21.8. The lowest BCUT2D eigenvalue weighted by Crippen LogP contribution is -3.00. The Bertz CT molecular complexity index is 1160. The Hall–Kier alpha value is -3.64. The van der Waals surface area contributed by atoms with Gasteiger partial charge in [0.2, 0.25) is 5.82 Å².